The second kappa shape index (κ2) is 7.75. The molecule has 0 amide bonds. The predicted octanol–water partition coefficient (Wildman–Crippen LogP) is 6.01. The molecule has 0 bridgehead atoms. The first kappa shape index (κ1) is 16.2. The van der Waals surface area contributed by atoms with E-state index >= 15 is 0 Å². The van der Waals surface area contributed by atoms with Crippen LogP contribution in [0.4, 0.5) is 0 Å². The molecule has 128 valence electrons. The molecule has 0 aliphatic rings. The summed E-state index contributed by atoms with van der Waals surface area (Å²) >= 11 is 0. The van der Waals surface area contributed by atoms with Gasteiger partial charge in [-0.25, -0.2) is 0 Å². The van der Waals surface area contributed by atoms with E-state index < -0.39 is 0 Å². The van der Waals surface area contributed by atoms with Gasteiger partial charge in [-0.15, -0.1) is 0 Å². The minimum absolute atomic E-state index is 0.527. The summed E-state index contributed by atoms with van der Waals surface area (Å²) in [4.78, 5) is 0. The third-order valence-electron chi connectivity index (χ3n) is 4.30. The van der Waals surface area contributed by atoms with E-state index in [1.54, 1.807) is 0 Å². The Balaban J connectivity index is 1.28. The Morgan fingerprint density at radius 3 is 1.38 bits per heavy atom. The van der Waals surface area contributed by atoms with Crippen molar-refractivity contribution in [1.82, 2.24) is 0 Å². The molecule has 4 rings (SSSR count). The minimum Gasteiger partial charge on any atom is -0.490 e. The zero-order valence-electron chi connectivity index (χ0n) is 14.5. The van der Waals surface area contributed by atoms with Gasteiger partial charge in [-0.2, -0.15) is 0 Å². The van der Waals surface area contributed by atoms with Crippen LogP contribution in [0.2, 0.25) is 0 Å². The Bertz CT molecular complexity index is 965. The van der Waals surface area contributed by atoms with Crippen LogP contribution in [0.25, 0.3) is 21.5 Å². The Hall–Kier alpha value is -3.26. The molecule has 0 fully saturated rings. The molecule has 0 N–H and O–H groups in total. The Morgan fingerprint density at radius 1 is 0.500 bits per heavy atom. The van der Waals surface area contributed by atoms with Crippen molar-refractivity contribution in [2.75, 3.05) is 13.2 Å². The van der Waals surface area contributed by atoms with Crippen molar-refractivity contribution in [3.63, 3.8) is 0 Å². The first-order chi connectivity index (χ1) is 12.9. The Kier molecular flexibility index (Phi) is 4.83. The molecule has 0 aromatic heterocycles. The second-order valence-electron chi connectivity index (χ2n) is 6.11. The summed E-state index contributed by atoms with van der Waals surface area (Å²) in [5.41, 5.74) is 0. The van der Waals surface area contributed by atoms with Crippen molar-refractivity contribution in [1.29, 1.82) is 0 Å². The van der Waals surface area contributed by atoms with Gasteiger partial charge in [-0.05, 0) is 58.0 Å². The summed E-state index contributed by atoms with van der Waals surface area (Å²) in [7, 11) is 0. The number of hydrogen-bond donors (Lipinski definition) is 0. The summed E-state index contributed by atoms with van der Waals surface area (Å²) in [6.45, 7) is 1.05. The van der Waals surface area contributed by atoms with Crippen LogP contribution in [0.3, 0.4) is 0 Å². The van der Waals surface area contributed by atoms with Crippen LogP contribution in [0.1, 0.15) is 0 Å². The molecule has 26 heavy (non-hydrogen) atoms. The molecule has 0 saturated carbocycles. The van der Waals surface area contributed by atoms with Crippen molar-refractivity contribution in [3.05, 3.63) is 97.1 Å². The molecular formula is C24H20O2. The third-order valence-corrected chi connectivity index (χ3v) is 4.30. The summed E-state index contributed by atoms with van der Waals surface area (Å²) < 4.78 is 11.6. The maximum Gasteiger partial charge on any atom is 0.120 e. The molecule has 0 heterocycles. The predicted molar refractivity (Wildman–Crippen MR) is 108 cm³/mol. The fraction of sp³-hybridized carbons (Fsp3) is 0.0833. The van der Waals surface area contributed by atoms with Gasteiger partial charge in [0.2, 0.25) is 0 Å². The summed E-state index contributed by atoms with van der Waals surface area (Å²) in [6.07, 6.45) is 3.96. The summed E-state index contributed by atoms with van der Waals surface area (Å²) in [5, 5.41) is 4.82. The lowest BCUT2D eigenvalue weighted by Gasteiger charge is -2.06. The van der Waals surface area contributed by atoms with Gasteiger partial charge in [0, 0.05) is 0 Å². The van der Waals surface area contributed by atoms with E-state index in [1.165, 1.54) is 21.5 Å². The second-order valence-corrected chi connectivity index (χ2v) is 6.11. The molecule has 0 unspecified atom stereocenters. The number of rotatable bonds is 6. The number of ether oxygens (including phenoxy) is 2. The quantitative estimate of drug-likeness (QED) is 0.400. The molecule has 0 aliphatic heterocycles. The number of hydrogen-bond acceptors (Lipinski definition) is 2. The molecule has 0 atom stereocenters. The zero-order valence-corrected chi connectivity index (χ0v) is 14.5. The summed E-state index contributed by atoms with van der Waals surface area (Å²) in [6, 6.07) is 28.8. The van der Waals surface area contributed by atoms with Crippen molar-refractivity contribution in [2.45, 2.75) is 0 Å². The van der Waals surface area contributed by atoms with Crippen molar-refractivity contribution >= 4 is 21.5 Å². The van der Waals surface area contributed by atoms with Gasteiger partial charge < -0.3 is 9.47 Å². The highest BCUT2D eigenvalue weighted by Crippen LogP contribution is 2.21. The van der Waals surface area contributed by atoms with Crippen molar-refractivity contribution in [2.24, 2.45) is 0 Å². The first-order valence-corrected chi connectivity index (χ1v) is 8.77. The molecule has 2 nitrogen and oxygen atoms in total. The zero-order chi connectivity index (χ0) is 17.6. The molecule has 0 saturated heterocycles. The van der Waals surface area contributed by atoms with Gasteiger partial charge in [-0.3, -0.25) is 0 Å². The first-order valence-electron chi connectivity index (χ1n) is 8.77. The lowest BCUT2D eigenvalue weighted by atomic mass is 10.1. The molecule has 4 aromatic carbocycles. The van der Waals surface area contributed by atoms with Crippen molar-refractivity contribution < 1.29 is 9.47 Å². The highest BCUT2D eigenvalue weighted by molar-refractivity contribution is 5.84. The fourth-order valence-electron chi connectivity index (χ4n) is 2.94. The van der Waals surface area contributed by atoms with Crippen LogP contribution in [-0.2, 0) is 0 Å². The molecule has 0 radical (unpaired) electrons. The van der Waals surface area contributed by atoms with E-state index in [0.29, 0.717) is 13.2 Å². The molecule has 0 aliphatic carbocycles. The van der Waals surface area contributed by atoms with E-state index in [-0.39, 0.29) is 0 Å². The largest absolute Gasteiger partial charge is 0.490 e. The van der Waals surface area contributed by atoms with E-state index in [9.17, 15) is 0 Å². The van der Waals surface area contributed by atoms with Crippen LogP contribution >= 0.6 is 0 Å². The van der Waals surface area contributed by atoms with Crippen LogP contribution in [0, 0.1) is 0 Å². The van der Waals surface area contributed by atoms with E-state index in [1.807, 2.05) is 48.6 Å². The maximum absolute atomic E-state index is 5.78. The van der Waals surface area contributed by atoms with Gasteiger partial charge >= 0.3 is 0 Å². The Labute approximate surface area is 153 Å². The number of fused-ring (bicyclic) bond motifs is 2. The highest BCUT2D eigenvalue weighted by Gasteiger charge is 1.97. The molecular weight excluding hydrogens is 320 g/mol. The van der Waals surface area contributed by atoms with E-state index in [0.717, 1.165) is 11.5 Å². The van der Waals surface area contributed by atoms with Crippen LogP contribution in [0.5, 0.6) is 11.5 Å². The van der Waals surface area contributed by atoms with Gasteiger partial charge in [0.1, 0.15) is 24.7 Å². The lowest BCUT2D eigenvalue weighted by molar-refractivity contribution is 0.351. The summed E-state index contributed by atoms with van der Waals surface area (Å²) in [5.74, 6) is 1.76. The van der Waals surface area contributed by atoms with Gasteiger partial charge in [0.25, 0.3) is 0 Å². The topological polar surface area (TPSA) is 18.5 Å². The molecule has 4 aromatic rings. The maximum atomic E-state index is 5.78. The minimum atomic E-state index is 0.527. The van der Waals surface area contributed by atoms with Gasteiger partial charge in [0.15, 0.2) is 0 Å². The van der Waals surface area contributed by atoms with E-state index in [2.05, 4.69) is 48.5 Å². The lowest BCUT2D eigenvalue weighted by Crippen LogP contribution is -1.96. The average molecular weight is 340 g/mol. The standard InChI is InChI=1S/C24H20O2/c1-3-9-21-17-23(13-11-19(21)7-1)25-15-5-6-16-26-24-14-12-20-8-2-4-10-22(20)18-24/h1-14,17-18H,15-16H2. The smallest absolute Gasteiger partial charge is 0.120 e. The van der Waals surface area contributed by atoms with E-state index in [4.69, 9.17) is 9.47 Å². The molecule has 0 spiro atoms. The number of benzene rings is 4. The SMILES string of the molecule is C(=CCOc1ccc2ccccc2c1)COc1ccc2ccccc2c1. The molecule has 2 heteroatoms. The Morgan fingerprint density at radius 2 is 0.923 bits per heavy atom. The van der Waals surface area contributed by atoms with Gasteiger partial charge in [-0.1, -0.05) is 60.7 Å². The van der Waals surface area contributed by atoms with Crippen LogP contribution < -0.4 is 9.47 Å². The van der Waals surface area contributed by atoms with Gasteiger partial charge in [0.05, 0.1) is 0 Å². The van der Waals surface area contributed by atoms with Crippen molar-refractivity contribution in [3.8, 4) is 11.5 Å². The third kappa shape index (κ3) is 3.86. The van der Waals surface area contributed by atoms with Crippen LogP contribution in [0.15, 0.2) is 97.1 Å². The highest BCUT2D eigenvalue weighted by atomic mass is 16.5. The monoisotopic (exact) mass is 340 g/mol. The normalized spacial score (nSPS) is 11.2. The average Bonchev–Trinajstić information content (AvgIpc) is 2.70. The fourth-order valence-corrected chi connectivity index (χ4v) is 2.94. The van der Waals surface area contributed by atoms with Crippen LogP contribution in [-0.4, -0.2) is 13.2 Å².